The summed E-state index contributed by atoms with van der Waals surface area (Å²) in [5.41, 5.74) is 0. The first-order chi connectivity index (χ1) is 5.18. The standard InChI is InChI=1S/C7H12F3N/c8-6-2-1-3-11(4-6)5-7(9)10/h6-7H,1-5H2/t6-/m1/s1. The molecule has 0 aromatic carbocycles. The van der Waals surface area contributed by atoms with Gasteiger partial charge in [-0.15, -0.1) is 0 Å². The first kappa shape index (κ1) is 8.84. The molecule has 0 spiro atoms. The highest BCUT2D eigenvalue weighted by Gasteiger charge is 2.21. The predicted molar refractivity (Wildman–Crippen MR) is 36.6 cm³/mol. The zero-order valence-electron chi connectivity index (χ0n) is 6.27. The van der Waals surface area contributed by atoms with Gasteiger partial charge in [-0.2, -0.15) is 0 Å². The number of halogens is 3. The second kappa shape index (κ2) is 3.95. The van der Waals surface area contributed by atoms with Gasteiger partial charge in [0, 0.05) is 6.54 Å². The Balaban J connectivity index is 2.23. The van der Waals surface area contributed by atoms with Crippen molar-refractivity contribution in [3.63, 3.8) is 0 Å². The van der Waals surface area contributed by atoms with Crippen molar-refractivity contribution in [3.05, 3.63) is 0 Å². The third-order valence-electron chi connectivity index (χ3n) is 1.84. The van der Waals surface area contributed by atoms with Gasteiger partial charge in [0.2, 0.25) is 0 Å². The van der Waals surface area contributed by atoms with Gasteiger partial charge in [-0.3, -0.25) is 4.90 Å². The molecule has 1 aliphatic rings. The molecule has 0 radical (unpaired) electrons. The molecule has 0 aromatic heterocycles. The molecule has 1 saturated heterocycles. The van der Waals surface area contributed by atoms with Gasteiger partial charge in [0.05, 0.1) is 6.54 Å². The lowest BCUT2D eigenvalue weighted by atomic mass is 10.1. The van der Waals surface area contributed by atoms with Crippen molar-refractivity contribution in [3.8, 4) is 0 Å². The van der Waals surface area contributed by atoms with Gasteiger partial charge < -0.3 is 0 Å². The maximum Gasteiger partial charge on any atom is 0.251 e. The zero-order valence-corrected chi connectivity index (χ0v) is 6.27. The first-order valence-electron chi connectivity index (χ1n) is 3.83. The first-order valence-corrected chi connectivity index (χ1v) is 3.83. The largest absolute Gasteiger partial charge is 0.295 e. The third-order valence-corrected chi connectivity index (χ3v) is 1.84. The minimum atomic E-state index is -2.33. The summed E-state index contributed by atoms with van der Waals surface area (Å²) >= 11 is 0. The van der Waals surface area contributed by atoms with Crippen molar-refractivity contribution in [1.29, 1.82) is 0 Å². The van der Waals surface area contributed by atoms with Crippen LogP contribution in [0.4, 0.5) is 13.2 Å². The molecule has 0 aliphatic carbocycles. The fraction of sp³-hybridized carbons (Fsp3) is 1.00. The van der Waals surface area contributed by atoms with E-state index in [1.165, 1.54) is 4.90 Å². The minimum Gasteiger partial charge on any atom is -0.295 e. The van der Waals surface area contributed by atoms with E-state index in [9.17, 15) is 13.2 Å². The van der Waals surface area contributed by atoms with E-state index in [2.05, 4.69) is 0 Å². The Labute approximate surface area is 64.2 Å². The molecule has 1 atom stereocenters. The molecule has 11 heavy (non-hydrogen) atoms. The molecule has 0 N–H and O–H groups in total. The predicted octanol–water partition coefficient (Wildman–Crippen LogP) is 1.69. The van der Waals surface area contributed by atoms with Crippen molar-refractivity contribution >= 4 is 0 Å². The lowest BCUT2D eigenvalue weighted by molar-refractivity contribution is 0.0565. The Bertz CT molecular complexity index is 116. The molecule has 4 heteroatoms. The maximum absolute atomic E-state index is 12.6. The van der Waals surface area contributed by atoms with Crippen molar-refractivity contribution in [2.24, 2.45) is 0 Å². The number of nitrogens with zero attached hydrogens (tertiary/aromatic N) is 1. The van der Waals surface area contributed by atoms with E-state index in [4.69, 9.17) is 0 Å². The van der Waals surface area contributed by atoms with E-state index in [0.29, 0.717) is 19.4 Å². The molecular formula is C7H12F3N. The van der Waals surface area contributed by atoms with Crippen LogP contribution in [0.5, 0.6) is 0 Å². The van der Waals surface area contributed by atoms with E-state index in [1.54, 1.807) is 0 Å². The smallest absolute Gasteiger partial charge is 0.251 e. The molecular weight excluding hydrogens is 155 g/mol. The summed E-state index contributed by atoms with van der Waals surface area (Å²) in [4.78, 5) is 1.48. The molecule has 0 bridgehead atoms. The Kier molecular flexibility index (Phi) is 3.17. The summed E-state index contributed by atoms with van der Waals surface area (Å²) in [6.45, 7) is 0.523. The normalized spacial score (nSPS) is 27.8. The van der Waals surface area contributed by atoms with Crippen LogP contribution in [-0.4, -0.2) is 37.1 Å². The Hall–Kier alpha value is -0.250. The monoisotopic (exact) mass is 167 g/mol. The van der Waals surface area contributed by atoms with Crippen LogP contribution in [0.1, 0.15) is 12.8 Å². The van der Waals surface area contributed by atoms with Crippen LogP contribution in [0.15, 0.2) is 0 Å². The highest BCUT2D eigenvalue weighted by molar-refractivity contribution is 4.72. The average molecular weight is 167 g/mol. The molecule has 1 nitrogen and oxygen atoms in total. The topological polar surface area (TPSA) is 3.24 Å². The molecule has 0 amide bonds. The maximum atomic E-state index is 12.6. The average Bonchev–Trinajstić information content (AvgIpc) is 1.85. The van der Waals surface area contributed by atoms with Gasteiger partial charge in [-0.1, -0.05) is 0 Å². The van der Waals surface area contributed by atoms with E-state index < -0.39 is 12.6 Å². The second-order valence-electron chi connectivity index (χ2n) is 2.89. The quantitative estimate of drug-likeness (QED) is 0.604. The number of rotatable bonds is 2. The highest BCUT2D eigenvalue weighted by atomic mass is 19.3. The molecule has 0 saturated carbocycles. The number of alkyl halides is 3. The van der Waals surface area contributed by atoms with Crippen LogP contribution < -0.4 is 0 Å². The second-order valence-corrected chi connectivity index (χ2v) is 2.89. The molecule has 1 fully saturated rings. The third kappa shape index (κ3) is 3.10. The highest BCUT2D eigenvalue weighted by Crippen LogP contribution is 2.13. The van der Waals surface area contributed by atoms with Crippen molar-refractivity contribution in [2.45, 2.75) is 25.4 Å². The molecule has 66 valence electrons. The number of hydrogen-bond acceptors (Lipinski definition) is 1. The fourth-order valence-corrected chi connectivity index (χ4v) is 1.36. The van der Waals surface area contributed by atoms with E-state index >= 15 is 0 Å². The van der Waals surface area contributed by atoms with Crippen molar-refractivity contribution in [2.75, 3.05) is 19.6 Å². The zero-order chi connectivity index (χ0) is 8.27. The summed E-state index contributed by atoms with van der Waals surface area (Å²) in [6, 6.07) is 0. The summed E-state index contributed by atoms with van der Waals surface area (Å²) in [7, 11) is 0. The van der Waals surface area contributed by atoms with Gasteiger partial charge in [0.15, 0.2) is 0 Å². The van der Waals surface area contributed by atoms with Gasteiger partial charge in [0.1, 0.15) is 6.17 Å². The molecule has 0 unspecified atom stereocenters. The summed E-state index contributed by atoms with van der Waals surface area (Å²) in [5.74, 6) is 0. The lowest BCUT2D eigenvalue weighted by Crippen LogP contribution is -2.39. The molecule has 1 rings (SSSR count). The molecule has 1 heterocycles. The van der Waals surface area contributed by atoms with E-state index in [-0.39, 0.29) is 13.1 Å². The summed E-state index contributed by atoms with van der Waals surface area (Å²) < 4.78 is 36.2. The van der Waals surface area contributed by atoms with Crippen LogP contribution in [0.2, 0.25) is 0 Å². The Morgan fingerprint density at radius 3 is 2.73 bits per heavy atom. The van der Waals surface area contributed by atoms with Gasteiger partial charge in [-0.25, -0.2) is 13.2 Å². The molecule has 0 aromatic rings. The lowest BCUT2D eigenvalue weighted by Gasteiger charge is -2.28. The van der Waals surface area contributed by atoms with E-state index in [1.807, 2.05) is 0 Å². The van der Waals surface area contributed by atoms with Crippen molar-refractivity contribution < 1.29 is 13.2 Å². The van der Waals surface area contributed by atoms with Gasteiger partial charge in [0.25, 0.3) is 6.43 Å². The van der Waals surface area contributed by atoms with Crippen LogP contribution >= 0.6 is 0 Å². The summed E-state index contributed by atoms with van der Waals surface area (Å²) in [6.07, 6.45) is -2.00. The summed E-state index contributed by atoms with van der Waals surface area (Å²) in [5, 5.41) is 0. The SMILES string of the molecule is FC(F)CN1CCC[C@@H](F)C1. The van der Waals surface area contributed by atoms with Crippen LogP contribution in [0.25, 0.3) is 0 Å². The van der Waals surface area contributed by atoms with Crippen molar-refractivity contribution in [1.82, 2.24) is 4.90 Å². The molecule has 1 aliphatic heterocycles. The van der Waals surface area contributed by atoms with Crippen LogP contribution in [-0.2, 0) is 0 Å². The number of piperidine rings is 1. The number of hydrogen-bond donors (Lipinski definition) is 0. The Morgan fingerprint density at radius 2 is 2.18 bits per heavy atom. The van der Waals surface area contributed by atoms with Gasteiger partial charge >= 0.3 is 0 Å². The Morgan fingerprint density at radius 1 is 1.45 bits per heavy atom. The fourth-order valence-electron chi connectivity index (χ4n) is 1.36. The number of likely N-dealkylation sites (tertiary alicyclic amines) is 1. The van der Waals surface area contributed by atoms with Crippen LogP contribution in [0.3, 0.4) is 0 Å². The van der Waals surface area contributed by atoms with Crippen LogP contribution in [0, 0.1) is 0 Å². The minimum absolute atomic E-state index is 0.185. The van der Waals surface area contributed by atoms with Gasteiger partial charge in [-0.05, 0) is 19.4 Å². The van der Waals surface area contributed by atoms with E-state index in [0.717, 1.165) is 0 Å².